The SMILES string of the molecule is CC(=O)N1CCC(C(=O)N2CC[C@H](O)C2)CC1. The lowest BCUT2D eigenvalue weighted by atomic mass is 9.95. The third-order valence-electron chi connectivity index (χ3n) is 3.76. The molecule has 5 nitrogen and oxygen atoms in total. The third-order valence-corrected chi connectivity index (χ3v) is 3.76. The van der Waals surface area contributed by atoms with Gasteiger partial charge in [0.05, 0.1) is 6.10 Å². The Morgan fingerprint density at radius 1 is 1.06 bits per heavy atom. The number of carbonyl (C=O) groups excluding carboxylic acids is 2. The maximum Gasteiger partial charge on any atom is 0.225 e. The number of aliphatic hydroxyl groups is 1. The molecule has 0 aromatic carbocycles. The maximum absolute atomic E-state index is 12.1. The zero-order valence-electron chi connectivity index (χ0n) is 10.3. The zero-order chi connectivity index (χ0) is 12.4. The molecule has 2 saturated heterocycles. The number of rotatable bonds is 1. The number of hydrogen-bond acceptors (Lipinski definition) is 3. The van der Waals surface area contributed by atoms with Gasteiger partial charge in [-0.15, -0.1) is 0 Å². The van der Waals surface area contributed by atoms with Crippen LogP contribution in [0.1, 0.15) is 26.2 Å². The third kappa shape index (κ3) is 2.77. The summed E-state index contributed by atoms with van der Waals surface area (Å²) in [4.78, 5) is 26.9. The lowest BCUT2D eigenvalue weighted by Crippen LogP contribution is -2.43. The van der Waals surface area contributed by atoms with Crippen molar-refractivity contribution in [2.75, 3.05) is 26.2 Å². The quantitative estimate of drug-likeness (QED) is 0.692. The number of nitrogens with zero attached hydrogens (tertiary/aromatic N) is 2. The average molecular weight is 240 g/mol. The van der Waals surface area contributed by atoms with E-state index in [-0.39, 0.29) is 23.8 Å². The van der Waals surface area contributed by atoms with E-state index in [0.717, 1.165) is 12.8 Å². The van der Waals surface area contributed by atoms with E-state index in [1.165, 1.54) is 0 Å². The molecule has 1 atom stereocenters. The van der Waals surface area contributed by atoms with Crippen molar-refractivity contribution in [3.05, 3.63) is 0 Å². The molecule has 1 N–H and O–H groups in total. The minimum absolute atomic E-state index is 0.0379. The first-order valence-corrected chi connectivity index (χ1v) is 6.30. The van der Waals surface area contributed by atoms with Crippen LogP contribution in [0.5, 0.6) is 0 Å². The monoisotopic (exact) mass is 240 g/mol. The Morgan fingerprint density at radius 3 is 2.12 bits per heavy atom. The number of carbonyl (C=O) groups is 2. The minimum Gasteiger partial charge on any atom is -0.391 e. The van der Waals surface area contributed by atoms with Crippen LogP contribution in [-0.4, -0.2) is 59.0 Å². The van der Waals surface area contributed by atoms with Gasteiger partial charge in [-0.05, 0) is 19.3 Å². The predicted octanol–water partition coefficient (Wildman–Crippen LogP) is -0.162. The van der Waals surface area contributed by atoms with Crippen LogP contribution >= 0.6 is 0 Å². The molecule has 2 fully saturated rings. The largest absolute Gasteiger partial charge is 0.391 e. The number of likely N-dealkylation sites (tertiary alicyclic amines) is 2. The van der Waals surface area contributed by atoms with Crippen molar-refractivity contribution < 1.29 is 14.7 Å². The van der Waals surface area contributed by atoms with Gasteiger partial charge >= 0.3 is 0 Å². The number of piperidine rings is 1. The van der Waals surface area contributed by atoms with Crippen molar-refractivity contribution >= 4 is 11.8 Å². The molecule has 0 aliphatic carbocycles. The number of β-amino-alcohol motifs (C(OH)–C–C–N with tert-alkyl or cyclic N) is 1. The summed E-state index contributed by atoms with van der Waals surface area (Å²) in [5, 5.41) is 9.41. The van der Waals surface area contributed by atoms with Crippen LogP contribution in [0.2, 0.25) is 0 Å². The normalized spacial score (nSPS) is 26.4. The van der Waals surface area contributed by atoms with Crippen LogP contribution in [0.25, 0.3) is 0 Å². The van der Waals surface area contributed by atoms with Gasteiger partial charge in [0.15, 0.2) is 0 Å². The van der Waals surface area contributed by atoms with Gasteiger partial charge in [0, 0.05) is 39.0 Å². The molecule has 5 heteroatoms. The van der Waals surface area contributed by atoms with Crippen LogP contribution in [0.15, 0.2) is 0 Å². The molecule has 2 amide bonds. The van der Waals surface area contributed by atoms with E-state index in [0.29, 0.717) is 32.6 Å². The molecule has 0 unspecified atom stereocenters. The number of amides is 2. The molecule has 2 heterocycles. The topological polar surface area (TPSA) is 60.9 Å². The molecule has 2 aliphatic heterocycles. The molecule has 0 bridgehead atoms. The molecular formula is C12H20N2O3. The summed E-state index contributed by atoms with van der Waals surface area (Å²) in [6.07, 6.45) is 1.85. The fourth-order valence-corrected chi connectivity index (χ4v) is 2.64. The van der Waals surface area contributed by atoms with Gasteiger partial charge < -0.3 is 14.9 Å². The first-order chi connectivity index (χ1) is 8.08. The Balaban J connectivity index is 1.84. The minimum atomic E-state index is -0.351. The molecule has 96 valence electrons. The second-order valence-corrected chi connectivity index (χ2v) is 5.01. The Labute approximate surface area is 101 Å². The molecule has 0 radical (unpaired) electrons. The lowest BCUT2D eigenvalue weighted by Gasteiger charge is -2.32. The Morgan fingerprint density at radius 2 is 1.65 bits per heavy atom. The fraction of sp³-hybridized carbons (Fsp3) is 0.833. The highest BCUT2D eigenvalue weighted by Crippen LogP contribution is 2.22. The van der Waals surface area contributed by atoms with Gasteiger partial charge in [-0.1, -0.05) is 0 Å². The van der Waals surface area contributed by atoms with Crippen LogP contribution in [-0.2, 0) is 9.59 Å². The van der Waals surface area contributed by atoms with Crippen LogP contribution < -0.4 is 0 Å². The summed E-state index contributed by atoms with van der Waals surface area (Å²) < 4.78 is 0. The van der Waals surface area contributed by atoms with Gasteiger partial charge in [0.2, 0.25) is 11.8 Å². The van der Waals surface area contributed by atoms with Crippen molar-refractivity contribution in [2.45, 2.75) is 32.3 Å². The standard InChI is InChI=1S/C12H20N2O3/c1-9(15)13-5-2-10(3-6-13)12(17)14-7-4-11(16)8-14/h10-11,16H,2-8H2,1H3/t11-/m0/s1. The molecule has 0 aromatic heterocycles. The van der Waals surface area contributed by atoms with E-state index in [2.05, 4.69) is 0 Å². The molecule has 0 spiro atoms. The fourth-order valence-electron chi connectivity index (χ4n) is 2.64. The summed E-state index contributed by atoms with van der Waals surface area (Å²) in [5.41, 5.74) is 0. The highest BCUT2D eigenvalue weighted by Gasteiger charge is 2.32. The zero-order valence-corrected chi connectivity index (χ0v) is 10.3. The molecule has 17 heavy (non-hydrogen) atoms. The van der Waals surface area contributed by atoms with E-state index in [4.69, 9.17) is 0 Å². The maximum atomic E-state index is 12.1. The number of hydrogen-bond donors (Lipinski definition) is 1. The van der Waals surface area contributed by atoms with Crippen molar-refractivity contribution in [1.82, 2.24) is 9.80 Å². The number of aliphatic hydroxyl groups excluding tert-OH is 1. The highest BCUT2D eigenvalue weighted by atomic mass is 16.3. The molecule has 2 aliphatic rings. The van der Waals surface area contributed by atoms with Crippen molar-refractivity contribution in [3.63, 3.8) is 0 Å². The van der Waals surface area contributed by atoms with E-state index >= 15 is 0 Å². The average Bonchev–Trinajstić information content (AvgIpc) is 2.75. The van der Waals surface area contributed by atoms with Crippen LogP contribution in [0, 0.1) is 5.92 Å². The lowest BCUT2D eigenvalue weighted by molar-refractivity contribution is -0.139. The second kappa shape index (κ2) is 5.04. The van der Waals surface area contributed by atoms with E-state index in [9.17, 15) is 14.7 Å². The van der Waals surface area contributed by atoms with Gasteiger partial charge in [0.25, 0.3) is 0 Å². The smallest absolute Gasteiger partial charge is 0.225 e. The first-order valence-electron chi connectivity index (χ1n) is 6.30. The van der Waals surface area contributed by atoms with E-state index in [1.54, 1.807) is 16.7 Å². The summed E-state index contributed by atoms with van der Waals surface area (Å²) >= 11 is 0. The van der Waals surface area contributed by atoms with Crippen molar-refractivity contribution in [2.24, 2.45) is 5.92 Å². The highest BCUT2D eigenvalue weighted by molar-refractivity contribution is 5.80. The van der Waals surface area contributed by atoms with Gasteiger partial charge in [-0.25, -0.2) is 0 Å². The summed E-state index contributed by atoms with van der Waals surface area (Å²) in [5.74, 6) is 0.285. The van der Waals surface area contributed by atoms with Crippen LogP contribution in [0.3, 0.4) is 0 Å². The molecule has 2 rings (SSSR count). The van der Waals surface area contributed by atoms with Crippen LogP contribution in [0.4, 0.5) is 0 Å². The Bertz CT molecular complexity index is 311. The van der Waals surface area contributed by atoms with Crippen molar-refractivity contribution in [3.8, 4) is 0 Å². The Hall–Kier alpha value is -1.10. The Kier molecular flexibility index (Phi) is 3.66. The van der Waals surface area contributed by atoms with E-state index < -0.39 is 0 Å². The predicted molar refractivity (Wildman–Crippen MR) is 62.2 cm³/mol. The summed E-state index contributed by atoms with van der Waals surface area (Å²) in [7, 11) is 0. The summed E-state index contributed by atoms with van der Waals surface area (Å²) in [6, 6.07) is 0. The van der Waals surface area contributed by atoms with Gasteiger partial charge in [-0.2, -0.15) is 0 Å². The molecular weight excluding hydrogens is 220 g/mol. The van der Waals surface area contributed by atoms with Gasteiger partial charge in [-0.3, -0.25) is 9.59 Å². The first kappa shape index (κ1) is 12.4. The van der Waals surface area contributed by atoms with Gasteiger partial charge in [0.1, 0.15) is 0 Å². The second-order valence-electron chi connectivity index (χ2n) is 5.01. The molecule has 0 aromatic rings. The van der Waals surface area contributed by atoms with Crippen molar-refractivity contribution in [1.29, 1.82) is 0 Å². The van der Waals surface area contributed by atoms with E-state index in [1.807, 2.05) is 0 Å². The molecule has 0 saturated carbocycles. The summed E-state index contributed by atoms with van der Waals surface area (Å²) in [6.45, 7) is 4.09.